The summed E-state index contributed by atoms with van der Waals surface area (Å²) < 4.78 is 13.8. The lowest BCUT2D eigenvalue weighted by molar-refractivity contribution is -0.0980. The molecule has 1 aromatic carbocycles. The summed E-state index contributed by atoms with van der Waals surface area (Å²) in [5.41, 5.74) is 1.08. The topological polar surface area (TPSA) is 39.5 Å². The highest BCUT2D eigenvalue weighted by Gasteiger charge is 2.23. The fraction of sp³-hybridized carbons (Fsp3) is 0.533. The Morgan fingerprint density at radius 1 is 1.30 bits per heavy atom. The van der Waals surface area contributed by atoms with E-state index >= 15 is 0 Å². The normalized spacial score (nSPS) is 22.3. The number of para-hydroxylation sites is 1. The molecule has 0 bridgehead atoms. The summed E-state index contributed by atoms with van der Waals surface area (Å²) in [6.45, 7) is 4.79. The van der Waals surface area contributed by atoms with Gasteiger partial charge in [-0.05, 0) is 32.0 Å². The van der Waals surface area contributed by atoms with E-state index < -0.39 is 0 Å². The average Bonchev–Trinajstić information content (AvgIpc) is 3.10. The van der Waals surface area contributed by atoms with Crippen LogP contribution in [0.4, 0.5) is 0 Å². The van der Waals surface area contributed by atoms with Crippen LogP contribution < -0.4 is 4.74 Å². The number of rotatable bonds is 4. The smallest absolute Gasteiger partial charge is 0.219 e. The van der Waals surface area contributed by atoms with E-state index in [2.05, 4.69) is 16.1 Å². The summed E-state index contributed by atoms with van der Waals surface area (Å²) >= 11 is 0. The van der Waals surface area contributed by atoms with Crippen LogP contribution >= 0.6 is 0 Å². The Labute approximate surface area is 118 Å². The average molecular weight is 273 g/mol. The molecule has 1 unspecified atom stereocenters. The molecule has 0 aliphatic carbocycles. The van der Waals surface area contributed by atoms with E-state index in [9.17, 15) is 0 Å². The molecule has 1 fully saturated rings. The van der Waals surface area contributed by atoms with Crippen LogP contribution in [0.1, 0.15) is 12.8 Å². The third-order valence-corrected chi connectivity index (χ3v) is 4.11. The van der Waals surface area contributed by atoms with Crippen molar-refractivity contribution in [1.82, 2.24) is 14.7 Å². The molecule has 3 heterocycles. The standard InChI is InChI=1S/C15H19N3O2/c1-2-7-17(6-1)8-9-19-14-11-18-15-12(10-16-18)4-3-5-13(15)20-14/h3-5,10,14H,1-2,6-9,11H2. The lowest BCUT2D eigenvalue weighted by atomic mass is 10.2. The first-order valence-corrected chi connectivity index (χ1v) is 7.35. The molecule has 0 radical (unpaired) electrons. The Morgan fingerprint density at radius 3 is 3.10 bits per heavy atom. The van der Waals surface area contributed by atoms with Gasteiger partial charge in [0.25, 0.3) is 0 Å². The lowest BCUT2D eigenvalue weighted by Gasteiger charge is -2.26. The molecule has 2 aromatic rings. The van der Waals surface area contributed by atoms with Gasteiger partial charge in [0.05, 0.1) is 12.8 Å². The second kappa shape index (κ2) is 5.07. The molecular formula is C15H19N3O2. The van der Waals surface area contributed by atoms with Crippen molar-refractivity contribution < 1.29 is 9.47 Å². The van der Waals surface area contributed by atoms with Crippen LogP contribution in [0.25, 0.3) is 10.9 Å². The van der Waals surface area contributed by atoms with Crippen molar-refractivity contribution in [1.29, 1.82) is 0 Å². The molecule has 0 amide bonds. The van der Waals surface area contributed by atoms with Crippen LogP contribution in [-0.4, -0.2) is 47.2 Å². The Bertz CT molecular complexity index is 604. The Kier molecular flexibility index (Phi) is 3.09. The first kappa shape index (κ1) is 12.2. The van der Waals surface area contributed by atoms with Crippen molar-refractivity contribution in [3.05, 3.63) is 24.4 Å². The van der Waals surface area contributed by atoms with Gasteiger partial charge in [-0.2, -0.15) is 5.10 Å². The first-order chi connectivity index (χ1) is 9.90. The number of aromatic nitrogens is 2. The number of likely N-dealkylation sites (tertiary alicyclic amines) is 1. The Morgan fingerprint density at radius 2 is 2.20 bits per heavy atom. The van der Waals surface area contributed by atoms with E-state index in [1.807, 2.05) is 23.0 Å². The van der Waals surface area contributed by atoms with Crippen LogP contribution in [0.15, 0.2) is 24.4 Å². The van der Waals surface area contributed by atoms with Crippen molar-refractivity contribution in [2.75, 3.05) is 26.2 Å². The van der Waals surface area contributed by atoms with Crippen LogP contribution in [0, 0.1) is 0 Å². The molecule has 5 heteroatoms. The van der Waals surface area contributed by atoms with Gasteiger partial charge >= 0.3 is 0 Å². The molecule has 5 nitrogen and oxygen atoms in total. The molecule has 1 aromatic heterocycles. The largest absolute Gasteiger partial charge is 0.461 e. The fourth-order valence-corrected chi connectivity index (χ4v) is 3.07. The minimum Gasteiger partial charge on any atom is -0.461 e. The van der Waals surface area contributed by atoms with Crippen molar-refractivity contribution in [3.63, 3.8) is 0 Å². The highest BCUT2D eigenvalue weighted by atomic mass is 16.7. The van der Waals surface area contributed by atoms with Gasteiger partial charge in [0.15, 0.2) is 0 Å². The van der Waals surface area contributed by atoms with E-state index in [-0.39, 0.29) is 6.29 Å². The number of hydrogen-bond donors (Lipinski definition) is 0. The SMILES string of the molecule is c1cc2c3c(c1)cnn3CC(OCCN1CCCC1)O2. The molecule has 1 saturated heterocycles. The summed E-state index contributed by atoms with van der Waals surface area (Å²) in [7, 11) is 0. The zero-order chi connectivity index (χ0) is 13.4. The Hall–Kier alpha value is -1.59. The predicted molar refractivity (Wildman–Crippen MR) is 75.8 cm³/mol. The molecule has 0 N–H and O–H groups in total. The number of benzene rings is 1. The van der Waals surface area contributed by atoms with Crippen molar-refractivity contribution in [2.45, 2.75) is 25.7 Å². The molecule has 4 rings (SSSR count). The quantitative estimate of drug-likeness (QED) is 0.852. The van der Waals surface area contributed by atoms with E-state index in [0.29, 0.717) is 6.54 Å². The van der Waals surface area contributed by atoms with Gasteiger partial charge in [-0.25, -0.2) is 0 Å². The number of nitrogens with zero attached hydrogens (tertiary/aromatic N) is 3. The molecular weight excluding hydrogens is 254 g/mol. The van der Waals surface area contributed by atoms with Gasteiger partial charge in [0, 0.05) is 11.9 Å². The predicted octanol–water partition coefficient (Wildman–Crippen LogP) is 1.87. The second-order valence-electron chi connectivity index (χ2n) is 5.49. The minimum absolute atomic E-state index is 0.226. The number of hydrogen-bond acceptors (Lipinski definition) is 4. The Balaban J connectivity index is 1.40. The maximum absolute atomic E-state index is 5.93. The fourth-order valence-electron chi connectivity index (χ4n) is 3.07. The van der Waals surface area contributed by atoms with Crippen LogP contribution in [0.3, 0.4) is 0 Å². The maximum Gasteiger partial charge on any atom is 0.219 e. The summed E-state index contributed by atoms with van der Waals surface area (Å²) in [5.74, 6) is 0.873. The van der Waals surface area contributed by atoms with Crippen LogP contribution in [0.5, 0.6) is 5.75 Å². The van der Waals surface area contributed by atoms with Crippen molar-refractivity contribution >= 4 is 10.9 Å². The number of ether oxygens (including phenoxy) is 2. The summed E-state index contributed by atoms with van der Waals surface area (Å²) in [5, 5.41) is 5.53. The maximum atomic E-state index is 5.93. The molecule has 20 heavy (non-hydrogen) atoms. The van der Waals surface area contributed by atoms with Crippen LogP contribution in [0.2, 0.25) is 0 Å². The van der Waals surface area contributed by atoms with E-state index in [1.54, 1.807) is 0 Å². The molecule has 106 valence electrons. The van der Waals surface area contributed by atoms with Gasteiger partial charge in [-0.1, -0.05) is 12.1 Å². The highest BCUT2D eigenvalue weighted by Crippen LogP contribution is 2.30. The first-order valence-electron chi connectivity index (χ1n) is 7.35. The van der Waals surface area contributed by atoms with Gasteiger partial charge in [0.1, 0.15) is 17.8 Å². The second-order valence-corrected chi connectivity index (χ2v) is 5.49. The zero-order valence-electron chi connectivity index (χ0n) is 11.5. The summed E-state index contributed by atoms with van der Waals surface area (Å²) in [4.78, 5) is 2.45. The van der Waals surface area contributed by atoms with Gasteiger partial charge < -0.3 is 14.4 Å². The molecule has 2 aliphatic rings. The molecule has 2 aliphatic heterocycles. The third kappa shape index (κ3) is 2.17. The van der Waals surface area contributed by atoms with E-state index in [4.69, 9.17) is 9.47 Å². The minimum atomic E-state index is -0.226. The van der Waals surface area contributed by atoms with Gasteiger partial charge in [-0.3, -0.25) is 4.68 Å². The summed E-state index contributed by atoms with van der Waals surface area (Å²) in [6, 6.07) is 6.03. The van der Waals surface area contributed by atoms with Crippen molar-refractivity contribution in [2.24, 2.45) is 0 Å². The molecule has 0 spiro atoms. The van der Waals surface area contributed by atoms with Gasteiger partial charge in [-0.15, -0.1) is 0 Å². The van der Waals surface area contributed by atoms with E-state index in [0.717, 1.165) is 29.8 Å². The zero-order valence-corrected chi connectivity index (χ0v) is 11.5. The third-order valence-electron chi connectivity index (χ3n) is 4.11. The van der Waals surface area contributed by atoms with Crippen molar-refractivity contribution in [3.8, 4) is 5.75 Å². The van der Waals surface area contributed by atoms with E-state index in [1.165, 1.54) is 25.9 Å². The summed E-state index contributed by atoms with van der Waals surface area (Å²) in [6.07, 6.45) is 4.29. The molecule has 1 atom stereocenters. The lowest BCUT2D eigenvalue weighted by Crippen LogP contribution is -2.33. The monoisotopic (exact) mass is 273 g/mol. The van der Waals surface area contributed by atoms with Crippen LogP contribution in [-0.2, 0) is 11.3 Å². The van der Waals surface area contributed by atoms with Gasteiger partial charge in [0.2, 0.25) is 6.29 Å². The molecule has 0 saturated carbocycles. The highest BCUT2D eigenvalue weighted by molar-refractivity contribution is 5.85.